The molecule has 1 amide bonds. The Morgan fingerprint density at radius 2 is 1.81 bits per heavy atom. The number of ether oxygens (including phenoxy) is 2. The zero-order chi connectivity index (χ0) is 22.2. The number of hydrogen-bond donors (Lipinski definition) is 1. The molecule has 8 nitrogen and oxygen atoms in total. The number of nitrogens with one attached hydrogen (secondary N) is 1. The first-order valence-electron chi connectivity index (χ1n) is 9.70. The summed E-state index contributed by atoms with van der Waals surface area (Å²) >= 11 is 1.59. The van der Waals surface area contributed by atoms with Crippen molar-refractivity contribution < 1.29 is 14.3 Å². The lowest BCUT2D eigenvalue weighted by atomic mass is 10.1. The van der Waals surface area contributed by atoms with Crippen molar-refractivity contribution >= 4 is 23.4 Å². The van der Waals surface area contributed by atoms with Crippen molar-refractivity contribution in [2.45, 2.75) is 24.3 Å². The molecule has 3 aromatic rings. The number of nitrogens with zero attached hydrogens (tertiary/aromatic N) is 4. The van der Waals surface area contributed by atoms with Gasteiger partial charge in [-0.2, -0.15) is 5.10 Å². The van der Waals surface area contributed by atoms with E-state index in [0.29, 0.717) is 23.5 Å². The van der Waals surface area contributed by atoms with Crippen LogP contribution in [0.5, 0.6) is 11.5 Å². The summed E-state index contributed by atoms with van der Waals surface area (Å²) < 4.78 is 12.5. The number of aryl methyl sites for hydroxylation is 1. The third-order valence-corrected chi connectivity index (χ3v) is 5.70. The molecule has 0 saturated carbocycles. The first kappa shape index (κ1) is 22.4. The Morgan fingerprint density at radius 3 is 2.42 bits per heavy atom. The molecule has 0 spiro atoms. The highest BCUT2D eigenvalue weighted by atomic mass is 32.2. The minimum absolute atomic E-state index is 0.265. The van der Waals surface area contributed by atoms with Gasteiger partial charge in [-0.25, -0.2) is 5.43 Å². The summed E-state index contributed by atoms with van der Waals surface area (Å²) in [5.74, 6) is 1.73. The molecule has 0 radical (unpaired) electrons. The van der Waals surface area contributed by atoms with Gasteiger partial charge in [-0.15, -0.1) is 10.2 Å². The molecule has 0 saturated heterocycles. The number of amides is 1. The summed E-state index contributed by atoms with van der Waals surface area (Å²) in [6, 6.07) is 13.0. The van der Waals surface area contributed by atoms with Crippen LogP contribution in [0, 0.1) is 0 Å². The van der Waals surface area contributed by atoms with E-state index in [2.05, 4.69) is 20.7 Å². The van der Waals surface area contributed by atoms with Crippen molar-refractivity contribution in [1.29, 1.82) is 0 Å². The molecule has 0 fully saturated rings. The minimum Gasteiger partial charge on any atom is -0.493 e. The number of aromatic nitrogens is 3. The number of rotatable bonds is 9. The Labute approximate surface area is 185 Å². The maximum Gasteiger partial charge on any atom is 0.271 e. The third-order valence-electron chi connectivity index (χ3n) is 4.60. The minimum atomic E-state index is -0.265. The number of hydrogen-bond acceptors (Lipinski definition) is 7. The summed E-state index contributed by atoms with van der Waals surface area (Å²) in [5, 5.41) is 13.1. The van der Waals surface area contributed by atoms with Crippen LogP contribution < -0.4 is 14.9 Å². The zero-order valence-corrected chi connectivity index (χ0v) is 18.8. The van der Waals surface area contributed by atoms with Gasteiger partial charge in [0.2, 0.25) is 0 Å². The van der Waals surface area contributed by atoms with E-state index in [9.17, 15) is 4.79 Å². The molecule has 0 atom stereocenters. The topological polar surface area (TPSA) is 90.6 Å². The Bertz CT molecular complexity index is 1060. The molecule has 1 N–H and O–H groups in total. The number of benzene rings is 2. The van der Waals surface area contributed by atoms with Gasteiger partial charge >= 0.3 is 0 Å². The van der Waals surface area contributed by atoms with E-state index < -0.39 is 0 Å². The molecule has 162 valence electrons. The number of carbonyl (C=O) groups excluding carboxylic acids is 1. The van der Waals surface area contributed by atoms with Crippen molar-refractivity contribution in [3.05, 3.63) is 65.5 Å². The van der Waals surface area contributed by atoms with Gasteiger partial charge in [0.05, 0.1) is 19.9 Å². The van der Waals surface area contributed by atoms with Crippen LogP contribution in [0.2, 0.25) is 0 Å². The molecule has 0 aliphatic rings. The molecular weight excluding hydrogens is 414 g/mol. The first-order valence-corrected chi connectivity index (χ1v) is 10.7. The van der Waals surface area contributed by atoms with Gasteiger partial charge in [0.15, 0.2) is 16.7 Å². The molecule has 3 rings (SSSR count). The summed E-state index contributed by atoms with van der Waals surface area (Å²) in [6.07, 6.45) is 2.32. The lowest BCUT2D eigenvalue weighted by Crippen LogP contribution is -2.20. The summed E-state index contributed by atoms with van der Waals surface area (Å²) in [4.78, 5) is 12.5. The summed E-state index contributed by atoms with van der Waals surface area (Å²) in [5.41, 5.74) is 5.88. The van der Waals surface area contributed by atoms with Crippen LogP contribution in [0.15, 0.2) is 59.0 Å². The molecule has 0 unspecified atom stereocenters. The second kappa shape index (κ2) is 10.6. The van der Waals surface area contributed by atoms with Gasteiger partial charge in [0.25, 0.3) is 5.91 Å². The van der Waals surface area contributed by atoms with Crippen molar-refractivity contribution in [3.8, 4) is 11.5 Å². The SMILES string of the molecule is CC/C(=N\NC(=O)c1ccc(CSc2nncn2C)cc1)c1ccc(OC)c(OC)c1. The van der Waals surface area contributed by atoms with Gasteiger partial charge < -0.3 is 14.0 Å². The van der Waals surface area contributed by atoms with Gasteiger partial charge in [-0.05, 0) is 42.3 Å². The van der Waals surface area contributed by atoms with Crippen molar-refractivity contribution in [3.63, 3.8) is 0 Å². The van der Waals surface area contributed by atoms with E-state index in [1.807, 2.05) is 48.9 Å². The quantitative estimate of drug-likeness (QED) is 0.311. The maximum atomic E-state index is 12.5. The van der Waals surface area contributed by atoms with E-state index in [1.54, 1.807) is 44.4 Å². The van der Waals surface area contributed by atoms with E-state index in [0.717, 1.165) is 27.7 Å². The zero-order valence-electron chi connectivity index (χ0n) is 18.0. The largest absolute Gasteiger partial charge is 0.493 e. The average molecular weight is 440 g/mol. The Kier molecular flexibility index (Phi) is 7.66. The number of carbonyl (C=O) groups is 1. The van der Waals surface area contributed by atoms with Gasteiger partial charge in [0.1, 0.15) is 6.33 Å². The molecule has 0 aliphatic heterocycles. The molecular formula is C22H25N5O3S. The lowest BCUT2D eigenvalue weighted by Gasteiger charge is -2.11. The third kappa shape index (κ3) is 5.64. The second-order valence-electron chi connectivity index (χ2n) is 6.63. The van der Waals surface area contributed by atoms with Crippen LogP contribution in [0.3, 0.4) is 0 Å². The fourth-order valence-corrected chi connectivity index (χ4v) is 3.69. The number of thioether (sulfide) groups is 1. The first-order chi connectivity index (χ1) is 15.0. The summed E-state index contributed by atoms with van der Waals surface area (Å²) in [6.45, 7) is 1.98. The fraction of sp³-hybridized carbons (Fsp3) is 0.273. The van der Waals surface area contributed by atoms with Gasteiger partial charge in [-0.3, -0.25) is 4.79 Å². The van der Waals surface area contributed by atoms with Crippen molar-refractivity contribution in [1.82, 2.24) is 20.2 Å². The second-order valence-corrected chi connectivity index (χ2v) is 7.58. The van der Waals surface area contributed by atoms with Crippen LogP contribution in [0.4, 0.5) is 0 Å². The van der Waals surface area contributed by atoms with Gasteiger partial charge in [0, 0.05) is 23.9 Å². The van der Waals surface area contributed by atoms with Crippen molar-refractivity contribution in [2.24, 2.45) is 12.1 Å². The molecule has 9 heteroatoms. The molecule has 2 aromatic carbocycles. The lowest BCUT2D eigenvalue weighted by molar-refractivity contribution is 0.0955. The normalized spacial score (nSPS) is 11.3. The fourth-order valence-electron chi connectivity index (χ4n) is 2.85. The van der Waals surface area contributed by atoms with Crippen molar-refractivity contribution in [2.75, 3.05) is 14.2 Å². The maximum absolute atomic E-state index is 12.5. The van der Waals surface area contributed by atoms with Crippen LogP contribution in [0.25, 0.3) is 0 Å². The van der Waals surface area contributed by atoms with E-state index in [-0.39, 0.29) is 5.91 Å². The standard InChI is InChI=1S/C22H25N5O3S/c1-5-18(17-10-11-19(29-3)20(12-17)30-4)24-25-21(28)16-8-6-15(7-9-16)13-31-22-26-23-14-27(22)2/h6-12,14H,5,13H2,1-4H3,(H,25,28)/b24-18+. The number of hydrazone groups is 1. The molecule has 1 heterocycles. The highest BCUT2D eigenvalue weighted by Crippen LogP contribution is 2.28. The van der Waals surface area contributed by atoms with E-state index in [1.165, 1.54) is 0 Å². The highest BCUT2D eigenvalue weighted by Gasteiger charge is 2.10. The number of methoxy groups -OCH3 is 2. The predicted molar refractivity (Wildman–Crippen MR) is 121 cm³/mol. The van der Waals surface area contributed by atoms with E-state index in [4.69, 9.17) is 9.47 Å². The van der Waals surface area contributed by atoms with Gasteiger partial charge in [-0.1, -0.05) is 30.8 Å². The smallest absolute Gasteiger partial charge is 0.271 e. The molecule has 31 heavy (non-hydrogen) atoms. The monoisotopic (exact) mass is 439 g/mol. The van der Waals surface area contributed by atoms with E-state index >= 15 is 0 Å². The molecule has 1 aromatic heterocycles. The average Bonchev–Trinajstić information content (AvgIpc) is 3.22. The Balaban J connectivity index is 1.64. The highest BCUT2D eigenvalue weighted by molar-refractivity contribution is 7.98. The summed E-state index contributed by atoms with van der Waals surface area (Å²) in [7, 11) is 5.08. The Hall–Kier alpha value is -3.33. The van der Waals surface area contributed by atoms with Crippen LogP contribution in [0.1, 0.15) is 34.8 Å². The molecule has 0 aliphatic carbocycles. The van der Waals surface area contributed by atoms with Crippen LogP contribution >= 0.6 is 11.8 Å². The Morgan fingerprint density at radius 1 is 1.10 bits per heavy atom. The van der Waals surface area contributed by atoms with Crippen LogP contribution in [-0.2, 0) is 12.8 Å². The van der Waals surface area contributed by atoms with Crippen LogP contribution in [-0.4, -0.2) is 40.6 Å². The molecule has 0 bridgehead atoms. The predicted octanol–water partition coefficient (Wildman–Crippen LogP) is 3.67.